The van der Waals surface area contributed by atoms with Gasteiger partial charge in [-0.15, -0.1) is 0 Å². The first-order valence-corrected chi connectivity index (χ1v) is 12.9. The molecule has 7 rings (SSSR count). The standard InChI is InChI=1S/C29H26N8O3/c1-16-7-6-8-18-23(16)33-21(37(28(18)39)35-11-4-5-12-35)14-36-27-22(26(30)31-15-32-27)24(34-36)17-9-10-20(38)25-19(17)13-29(2,3)40-25/h4-12,15,38H,13-14H2,1-3H3,(H2,30,31,32). The van der Waals surface area contributed by atoms with Gasteiger partial charge < -0.3 is 15.6 Å². The number of phenols is 1. The minimum absolute atomic E-state index is 0.0729. The Balaban J connectivity index is 1.47. The van der Waals surface area contributed by atoms with Gasteiger partial charge in [-0.2, -0.15) is 9.77 Å². The van der Waals surface area contributed by atoms with Crippen LogP contribution in [0.5, 0.6) is 11.5 Å². The third-order valence-corrected chi connectivity index (χ3v) is 7.29. The topological polar surface area (TPSA) is 139 Å². The second-order valence-electron chi connectivity index (χ2n) is 10.6. The van der Waals surface area contributed by atoms with Gasteiger partial charge in [0.15, 0.2) is 23.0 Å². The van der Waals surface area contributed by atoms with Crippen molar-refractivity contribution in [3.05, 3.63) is 88.5 Å². The Labute approximate surface area is 228 Å². The minimum atomic E-state index is -0.490. The van der Waals surface area contributed by atoms with Crippen LogP contribution in [-0.4, -0.2) is 44.8 Å². The summed E-state index contributed by atoms with van der Waals surface area (Å²) in [4.78, 5) is 27.4. The van der Waals surface area contributed by atoms with Crippen LogP contribution in [-0.2, 0) is 13.0 Å². The summed E-state index contributed by atoms with van der Waals surface area (Å²) in [5, 5.41) is 16.6. The zero-order chi connectivity index (χ0) is 27.8. The molecule has 6 aromatic rings. The molecule has 0 saturated heterocycles. The molecule has 11 nitrogen and oxygen atoms in total. The van der Waals surface area contributed by atoms with Crippen molar-refractivity contribution in [2.75, 3.05) is 5.73 Å². The molecule has 1 aliphatic heterocycles. The smallest absolute Gasteiger partial charge is 0.280 e. The summed E-state index contributed by atoms with van der Waals surface area (Å²) in [6.07, 6.45) is 5.56. The van der Waals surface area contributed by atoms with Crippen molar-refractivity contribution in [3.8, 4) is 22.8 Å². The van der Waals surface area contributed by atoms with E-state index in [1.807, 2.05) is 51.1 Å². The van der Waals surface area contributed by atoms with Crippen molar-refractivity contribution in [2.45, 2.75) is 39.3 Å². The molecule has 200 valence electrons. The molecule has 0 fully saturated rings. The van der Waals surface area contributed by atoms with Gasteiger partial charge >= 0.3 is 0 Å². The van der Waals surface area contributed by atoms with Gasteiger partial charge in [0, 0.05) is 29.9 Å². The van der Waals surface area contributed by atoms with Crippen LogP contribution in [0.1, 0.15) is 30.8 Å². The molecule has 40 heavy (non-hydrogen) atoms. The number of nitrogen functional groups attached to an aromatic ring is 1. The third kappa shape index (κ3) is 3.54. The normalized spacial score (nSPS) is 14.1. The van der Waals surface area contributed by atoms with Gasteiger partial charge in [-0.25, -0.2) is 19.6 Å². The number of fused-ring (bicyclic) bond motifs is 3. The highest BCUT2D eigenvalue weighted by atomic mass is 16.5. The maximum atomic E-state index is 13.7. The molecule has 0 atom stereocenters. The van der Waals surface area contributed by atoms with E-state index in [2.05, 4.69) is 9.97 Å². The molecule has 0 amide bonds. The Morgan fingerprint density at radius 1 is 1.10 bits per heavy atom. The van der Waals surface area contributed by atoms with E-state index in [9.17, 15) is 9.90 Å². The van der Waals surface area contributed by atoms with Crippen molar-refractivity contribution in [3.63, 3.8) is 0 Å². The Hall–Kier alpha value is -5.19. The van der Waals surface area contributed by atoms with Crippen molar-refractivity contribution in [2.24, 2.45) is 0 Å². The molecule has 3 N–H and O–H groups in total. The van der Waals surface area contributed by atoms with E-state index in [0.717, 1.165) is 16.7 Å². The number of aromatic hydroxyl groups is 1. The molecule has 5 heterocycles. The van der Waals surface area contributed by atoms with Crippen LogP contribution in [0.3, 0.4) is 0 Å². The van der Waals surface area contributed by atoms with Crippen molar-refractivity contribution in [1.82, 2.24) is 34.1 Å². The van der Waals surface area contributed by atoms with Gasteiger partial charge in [0.2, 0.25) is 0 Å². The van der Waals surface area contributed by atoms with Gasteiger partial charge in [0.05, 0.1) is 16.3 Å². The number of hydrogen-bond acceptors (Lipinski definition) is 8. The van der Waals surface area contributed by atoms with Crippen LogP contribution < -0.4 is 16.0 Å². The van der Waals surface area contributed by atoms with E-state index in [-0.39, 0.29) is 23.7 Å². The molecular formula is C29H26N8O3. The number of benzene rings is 2. The van der Waals surface area contributed by atoms with E-state index >= 15 is 0 Å². The van der Waals surface area contributed by atoms with Crippen molar-refractivity contribution in [1.29, 1.82) is 0 Å². The number of anilines is 1. The van der Waals surface area contributed by atoms with Crippen molar-refractivity contribution < 1.29 is 9.84 Å². The summed E-state index contributed by atoms with van der Waals surface area (Å²) in [6.45, 7) is 6.01. The first-order chi connectivity index (χ1) is 19.2. The summed E-state index contributed by atoms with van der Waals surface area (Å²) in [5.41, 5.74) is 9.92. The van der Waals surface area contributed by atoms with Crippen LogP contribution in [0.4, 0.5) is 5.82 Å². The average molecular weight is 535 g/mol. The lowest BCUT2D eigenvalue weighted by Crippen LogP contribution is -2.31. The summed E-state index contributed by atoms with van der Waals surface area (Å²) in [7, 11) is 0. The number of para-hydroxylation sites is 1. The number of aromatic nitrogens is 7. The highest BCUT2D eigenvalue weighted by Gasteiger charge is 2.35. The molecule has 0 bridgehead atoms. The maximum absolute atomic E-state index is 13.7. The number of ether oxygens (including phenoxy) is 1. The Morgan fingerprint density at radius 2 is 1.90 bits per heavy atom. The fourth-order valence-corrected chi connectivity index (χ4v) is 5.51. The molecule has 11 heteroatoms. The molecule has 1 aliphatic rings. The highest BCUT2D eigenvalue weighted by molar-refractivity contribution is 5.99. The molecule has 4 aromatic heterocycles. The monoisotopic (exact) mass is 534 g/mol. The first-order valence-electron chi connectivity index (χ1n) is 12.9. The van der Waals surface area contributed by atoms with Crippen molar-refractivity contribution >= 4 is 27.8 Å². The number of aryl methyl sites for hydroxylation is 1. The van der Waals surface area contributed by atoms with Crippen LogP contribution in [0, 0.1) is 6.92 Å². The van der Waals surface area contributed by atoms with Gasteiger partial charge in [0.1, 0.15) is 30.0 Å². The van der Waals surface area contributed by atoms with Crippen LogP contribution >= 0.6 is 0 Å². The molecule has 0 saturated carbocycles. The first kappa shape index (κ1) is 23.9. The van der Waals surface area contributed by atoms with Crippen LogP contribution in [0.15, 0.2) is 66.0 Å². The number of phenolic OH excluding ortho intramolecular Hbond substituents is 1. The highest BCUT2D eigenvalue weighted by Crippen LogP contribution is 2.47. The summed E-state index contributed by atoms with van der Waals surface area (Å²) in [6, 6.07) is 12.7. The zero-order valence-electron chi connectivity index (χ0n) is 22.2. The van der Waals surface area contributed by atoms with Crippen LogP contribution in [0.2, 0.25) is 0 Å². The Morgan fingerprint density at radius 3 is 2.70 bits per heavy atom. The van der Waals surface area contributed by atoms with E-state index in [4.69, 9.17) is 20.6 Å². The number of nitrogens with two attached hydrogens (primary N) is 1. The SMILES string of the molecule is Cc1cccc2c(=O)n(-n3cccc3)c(Cn3nc(-c4ccc(O)c5c4CC(C)(C)O5)c4c(N)ncnc43)nc12. The van der Waals surface area contributed by atoms with E-state index in [1.165, 1.54) is 11.0 Å². The fraction of sp³-hybridized carbons (Fsp3) is 0.207. The molecule has 0 unspecified atom stereocenters. The minimum Gasteiger partial charge on any atom is -0.504 e. The van der Waals surface area contributed by atoms with E-state index in [1.54, 1.807) is 33.9 Å². The molecule has 0 radical (unpaired) electrons. The average Bonchev–Trinajstić information content (AvgIpc) is 3.64. The Kier molecular flexibility index (Phi) is 5.02. The Bertz CT molecular complexity index is 2020. The lowest BCUT2D eigenvalue weighted by atomic mass is 9.95. The third-order valence-electron chi connectivity index (χ3n) is 7.29. The zero-order valence-corrected chi connectivity index (χ0v) is 22.2. The molecule has 0 spiro atoms. The number of rotatable bonds is 4. The largest absolute Gasteiger partial charge is 0.504 e. The predicted molar refractivity (Wildman–Crippen MR) is 150 cm³/mol. The molecular weight excluding hydrogens is 508 g/mol. The molecule has 2 aromatic carbocycles. The van der Waals surface area contributed by atoms with E-state index < -0.39 is 5.60 Å². The number of hydrogen-bond donors (Lipinski definition) is 2. The van der Waals surface area contributed by atoms with E-state index in [0.29, 0.717) is 45.6 Å². The second-order valence-corrected chi connectivity index (χ2v) is 10.6. The number of nitrogens with zero attached hydrogens (tertiary/aromatic N) is 7. The molecule has 0 aliphatic carbocycles. The summed E-state index contributed by atoms with van der Waals surface area (Å²) >= 11 is 0. The second kappa shape index (κ2) is 8.40. The maximum Gasteiger partial charge on any atom is 0.280 e. The van der Waals surface area contributed by atoms with Gasteiger partial charge in [-0.05, 0) is 56.7 Å². The summed E-state index contributed by atoms with van der Waals surface area (Å²) < 4.78 is 11.0. The lowest BCUT2D eigenvalue weighted by Gasteiger charge is -2.16. The quantitative estimate of drug-likeness (QED) is 0.349. The van der Waals surface area contributed by atoms with Gasteiger partial charge in [-0.3, -0.25) is 9.47 Å². The predicted octanol–water partition coefficient (Wildman–Crippen LogP) is 3.67. The van der Waals surface area contributed by atoms with Gasteiger partial charge in [0.25, 0.3) is 5.56 Å². The fourth-order valence-electron chi connectivity index (χ4n) is 5.51. The lowest BCUT2D eigenvalue weighted by molar-refractivity contribution is 0.134. The van der Waals surface area contributed by atoms with Gasteiger partial charge in [-0.1, -0.05) is 12.1 Å². The summed E-state index contributed by atoms with van der Waals surface area (Å²) in [5.74, 6) is 1.25. The van der Waals surface area contributed by atoms with Crippen LogP contribution in [0.25, 0.3) is 33.2 Å².